The van der Waals surface area contributed by atoms with Gasteiger partial charge in [-0.15, -0.1) is 13.2 Å². The molecule has 0 radical (unpaired) electrons. The van der Waals surface area contributed by atoms with Gasteiger partial charge in [0.05, 0.1) is 9.40 Å². The zero-order chi connectivity index (χ0) is 18.6. The molecule has 132 valence electrons. The molecule has 1 N–H and O–H groups in total. The number of hydrogen-bond donors (Lipinski definition) is 1. The molecular weight excluding hydrogens is 409 g/mol. The van der Waals surface area contributed by atoms with E-state index in [0.29, 0.717) is 0 Å². The summed E-state index contributed by atoms with van der Waals surface area (Å²) < 4.78 is 41.2. The first kappa shape index (κ1) is 18.7. The maximum absolute atomic E-state index is 12.4. The van der Waals surface area contributed by atoms with Crippen molar-refractivity contribution in [3.8, 4) is 5.75 Å². The van der Waals surface area contributed by atoms with Crippen molar-refractivity contribution in [2.75, 3.05) is 0 Å². The fraction of sp³-hybridized carbons (Fsp3) is 0.133. The summed E-state index contributed by atoms with van der Waals surface area (Å²) in [6.45, 7) is -0.241. The maximum Gasteiger partial charge on any atom is 0.573 e. The second-order valence-electron chi connectivity index (χ2n) is 4.76. The van der Waals surface area contributed by atoms with Crippen LogP contribution in [-0.2, 0) is 6.54 Å². The number of carbonyl (C=O) groups is 1. The van der Waals surface area contributed by atoms with E-state index >= 15 is 0 Å². The van der Waals surface area contributed by atoms with Crippen LogP contribution in [0.15, 0.2) is 46.9 Å². The smallest absolute Gasteiger partial charge is 0.405 e. The Bertz CT molecular complexity index is 812. The summed E-state index contributed by atoms with van der Waals surface area (Å²) in [6.07, 6.45) is -4.85. The molecule has 2 aromatic rings. The van der Waals surface area contributed by atoms with Crippen LogP contribution in [0.3, 0.4) is 0 Å². The number of ether oxygens (including phenoxy) is 1. The van der Waals surface area contributed by atoms with Crippen molar-refractivity contribution in [3.63, 3.8) is 0 Å². The number of nitro groups is 1. The number of nitro benzene ring substituents is 1. The lowest BCUT2D eigenvalue weighted by Gasteiger charge is -2.13. The summed E-state index contributed by atoms with van der Waals surface area (Å²) in [5.74, 6) is -1.10. The highest BCUT2D eigenvalue weighted by atomic mass is 79.9. The van der Waals surface area contributed by atoms with Gasteiger partial charge in [-0.2, -0.15) is 0 Å². The van der Waals surface area contributed by atoms with Crippen LogP contribution in [0.2, 0.25) is 0 Å². The third kappa shape index (κ3) is 5.18. The summed E-state index contributed by atoms with van der Waals surface area (Å²) in [5, 5.41) is 13.3. The first-order valence-electron chi connectivity index (χ1n) is 6.73. The SMILES string of the molecule is O=C(NCc1ccccc1OC(F)(F)F)c1ccc(Br)c([N+](=O)[O-])c1. The lowest BCUT2D eigenvalue weighted by molar-refractivity contribution is -0.385. The number of rotatable bonds is 5. The monoisotopic (exact) mass is 418 g/mol. The van der Waals surface area contributed by atoms with E-state index in [0.717, 1.165) is 12.1 Å². The Hall–Kier alpha value is -2.62. The first-order chi connectivity index (χ1) is 11.7. The van der Waals surface area contributed by atoms with E-state index in [1.165, 1.54) is 30.3 Å². The quantitative estimate of drug-likeness (QED) is 0.583. The fourth-order valence-electron chi connectivity index (χ4n) is 1.95. The van der Waals surface area contributed by atoms with Crippen LogP contribution < -0.4 is 10.1 Å². The van der Waals surface area contributed by atoms with E-state index < -0.39 is 22.9 Å². The summed E-state index contributed by atoms with van der Waals surface area (Å²) in [6, 6.07) is 9.11. The summed E-state index contributed by atoms with van der Waals surface area (Å²) in [5.41, 5.74) is -0.183. The summed E-state index contributed by atoms with van der Waals surface area (Å²) in [7, 11) is 0. The highest BCUT2D eigenvalue weighted by Crippen LogP contribution is 2.27. The molecule has 6 nitrogen and oxygen atoms in total. The Morgan fingerprint density at radius 3 is 2.56 bits per heavy atom. The number of carbonyl (C=O) groups excluding carboxylic acids is 1. The Morgan fingerprint density at radius 1 is 1.24 bits per heavy atom. The molecular formula is C15H10BrF3N2O4. The molecule has 0 atom stereocenters. The van der Waals surface area contributed by atoms with Crippen molar-refractivity contribution < 1.29 is 27.6 Å². The van der Waals surface area contributed by atoms with Gasteiger partial charge in [0.25, 0.3) is 11.6 Å². The minimum Gasteiger partial charge on any atom is -0.405 e. The molecule has 0 saturated heterocycles. The fourth-order valence-corrected chi connectivity index (χ4v) is 2.34. The van der Waals surface area contributed by atoms with Gasteiger partial charge in [-0.25, -0.2) is 0 Å². The van der Waals surface area contributed by atoms with Crippen molar-refractivity contribution in [1.29, 1.82) is 0 Å². The summed E-state index contributed by atoms with van der Waals surface area (Å²) >= 11 is 3.00. The van der Waals surface area contributed by atoms with Crippen LogP contribution >= 0.6 is 15.9 Å². The van der Waals surface area contributed by atoms with Gasteiger partial charge in [-0.1, -0.05) is 18.2 Å². The van der Waals surface area contributed by atoms with Crippen LogP contribution in [0, 0.1) is 10.1 Å². The Labute approximate surface area is 147 Å². The van der Waals surface area contributed by atoms with Gasteiger partial charge in [0.15, 0.2) is 0 Å². The third-order valence-electron chi connectivity index (χ3n) is 3.04. The number of hydrogen-bond acceptors (Lipinski definition) is 4. The Morgan fingerprint density at radius 2 is 1.92 bits per heavy atom. The Balaban J connectivity index is 2.13. The standard InChI is InChI=1S/C15H10BrF3N2O4/c16-11-6-5-9(7-12(11)21(23)24)14(22)20-8-10-3-1-2-4-13(10)25-15(17,18)19/h1-7H,8H2,(H,20,22). The predicted molar refractivity (Wildman–Crippen MR) is 85.1 cm³/mol. The minimum absolute atomic E-state index is 0.00382. The first-order valence-corrected chi connectivity index (χ1v) is 7.52. The van der Waals surface area contributed by atoms with Gasteiger partial charge >= 0.3 is 6.36 Å². The molecule has 0 fully saturated rings. The number of benzene rings is 2. The number of nitrogens with one attached hydrogen (secondary N) is 1. The topological polar surface area (TPSA) is 81.5 Å². The zero-order valence-electron chi connectivity index (χ0n) is 12.3. The number of halogens is 4. The molecule has 0 aliphatic rings. The van der Waals surface area contributed by atoms with Crippen molar-refractivity contribution >= 4 is 27.5 Å². The van der Waals surface area contributed by atoms with Gasteiger partial charge in [-0.05, 0) is 34.1 Å². The van der Waals surface area contributed by atoms with Gasteiger partial charge in [0.1, 0.15) is 5.75 Å². The second-order valence-corrected chi connectivity index (χ2v) is 5.62. The molecule has 0 aliphatic carbocycles. The number of para-hydroxylation sites is 1. The molecule has 0 unspecified atom stereocenters. The van der Waals surface area contributed by atoms with Gasteiger partial charge in [0, 0.05) is 23.7 Å². The molecule has 0 bridgehead atoms. The average molecular weight is 419 g/mol. The van der Waals surface area contributed by atoms with E-state index in [2.05, 4.69) is 26.0 Å². The summed E-state index contributed by atoms with van der Waals surface area (Å²) in [4.78, 5) is 22.3. The van der Waals surface area contributed by atoms with Crippen LogP contribution in [0.5, 0.6) is 5.75 Å². The van der Waals surface area contributed by atoms with E-state index in [1.807, 2.05) is 0 Å². The number of nitrogens with zero attached hydrogens (tertiary/aromatic N) is 1. The molecule has 0 spiro atoms. The lowest BCUT2D eigenvalue weighted by atomic mass is 10.1. The zero-order valence-corrected chi connectivity index (χ0v) is 13.9. The van der Waals surface area contributed by atoms with E-state index in [9.17, 15) is 28.1 Å². The molecule has 1 amide bonds. The van der Waals surface area contributed by atoms with Crippen LogP contribution in [-0.4, -0.2) is 17.2 Å². The maximum atomic E-state index is 12.4. The highest BCUT2D eigenvalue weighted by molar-refractivity contribution is 9.10. The Kier molecular flexibility index (Phi) is 5.62. The number of amides is 1. The van der Waals surface area contributed by atoms with E-state index in [1.54, 1.807) is 0 Å². The average Bonchev–Trinajstić information content (AvgIpc) is 2.52. The molecule has 0 aliphatic heterocycles. The molecule has 2 aromatic carbocycles. The highest BCUT2D eigenvalue weighted by Gasteiger charge is 2.32. The number of alkyl halides is 3. The molecule has 0 heterocycles. The van der Waals surface area contributed by atoms with Gasteiger partial charge < -0.3 is 10.1 Å². The van der Waals surface area contributed by atoms with Crippen molar-refractivity contribution in [2.24, 2.45) is 0 Å². The van der Waals surface area contributed by atoms with Crippen molar-refractivity contribution in [3.05, 3.63) is 68.2 Å². The molecule has 0 aromatic heterocycles. The predicted octanol–water partition coefficient (Wildman–Crippen LogP) is 4.19. The largest absolute Gasteiger partial charge is 0.573 e. The molecule has 25 heavy (non-hydrogen) atoms. The van der Waals surface area contributed by atoms with Crippen LogP contribution in [0.1, 0.15) is 15.9 Å². The van der Waals surface area contributed by atoms with Crippen LogP contribution in [0.25, 0.3) is 0 Å². The van der Waals surface area contributed by atoms with E-state index in [-0.39, 0.29) is 27.8 Å². The second kappa shape index (κ2) is 7.51. The van der Waals surface area contributed by atoms with Crippen molar-refractivity contribution in [2.45, 2.75) is 12.9 Å². The molecule has 10 heteroatoms. The van der Waals surface area contributed by atoms with E-state index in [4.69, 9.17) is 0 Å². The van der Waals surface area contributed by atoms with Gasteiger partial charge in [0.2, 0.25) is 0 Å². The molecule has 0 saturated carbocycles. The van der Waals surface area contributed by atoms with Crippen LogP contribution in [0.4, 0.5) is 18.9 Å². The normalized spacial score (nSPS) is 11.0. The lowest BCUT2D eigenvalue weighted by Crippen LogP contribution is -2.24. The van der Waals surface area contributed by atoms with Gasteiger partial charge in [-0.3, -0.25) is 14.9 Å². The minimum atomic E-state index is -4.85. The van der Waals surface area contributed by atoms with Crippen molar-refractivity contribution in [1.82, 2.24) is 5.32 Å². The molecule has 2 rings (SSSR count). The third-order valence-corrected chi connectivity index (χ3v) is 3.71.